The number of ether oxygens (including phenoxy) is 1. The van der Waals surface area contributed by atoms with E-state index in [1.54, 1.807) is 11.1 Å². The summed E-state index contributed by atoms with van der Waals surface area (Å²) in [5, 5.41) is 0. The Kier molecular flexibility index (Phi) is 4.76. The van der Waals surface area contributed by atoms with Gasteiger partial charge < -0.3 is 9.64 Å². The van der Waals surface area contributed by atoms with Gasteiger partial charge in [-0.3, -0.25) is 9.59 Å². The first-order chi connectivity index (χ1) is 7.69. The molecule has 1 saturated carbocycles. The maximum atomic E-state index is 10.7. The number of hydrogen-bond donors (Lipinski definition) is 0. The van der Waals surface area contributed by atoms with E-state index in [9.17, 15) is 9.59 Å². The van der Waals surface area contributed by atoms with Gasteiger partial charge in [0, 0.05) is 13.0 Å². The van der Waals surface area contributed by atoms with Gasteiger partial charge in [0.15, 0.2) is 0 Å². The monoisotopic (exact) mass is 223 g/mol. The van der Waals surface area contributed by atoms with E-state index in [1.165, 1.54) is 6.26 Å². The predicted molar refractivity (Wildman–Crippen MR) is 60.2 cm³/mol. The van der Waals surface area contributed by atoms with Gasteiger partial charge >= 0.3 is 5.97 Å². The lowest BCUT2D eigenvalue weighted by atomic mass is 10.4. The zero-order chi connectivity index (χ0) is 12.0. The van der Waals surface area contributed by atoms with E-state index in [1.807, 2.05) is 0 Å². The van der Waals surface area contributed by atoms with Crippen molar-refractivity contribution in [2.45, 2.75) is 25.7 Å². The van der Waals surface area contributed by atoms with Crippen LogP contribution < -0.4 is 0 Å². The Balaban J connectivity index is 0.000000160. The second kappa shape index (κ2) is 6.10. The van der Waals surface area contributed by atoms with Crippen LogP contribution >= 0.6 is 0 Å². The maximum Gasteiger partial charge on any atom is 0.313 e. The van der Waals surface area contributed by atoms with Crippen LogP contribution in [0.2, 0.25) is 0 Å². The predicted octanol–water partition coefficient (Wildman–Crippen LogP) is 1.84. The van der Waals surface area contributed by atoms with Crippen LogP contribution in [0.1, 0.15) is 25.7 Å². The largest absolute Gasteiger partial charge is 0.435 e. The molecule has 0 atom stereocenters. The van der Waals surface area contributed by atoms with Gasteiger partial charge in [-0.25, -0.2) is 0 Å². The van der Waals surface area contributed by atoms with Gasteiger partial charge in [-0.15, -0.1) is 0 Å². The number of esters is 1. The van der Waals surface area contributed by atoms with Crippen molar-refractivity contribution in [3.05, 3.63) is 25.6 Å². The fourth-order valence-electron chi connectivity index (χ4n) is 1.36. The van der Waals surface area contributed by atoms with Crippen LogP contribution in [-0.2, 0) is 14.3 Å². The van der Waals surface area contributed by atoms with E-state index in [-0.39, 0.29) is 17.8 Å². The second-order valence-corrected chi connectivity index (χ2v) is 3.75. The Labute approximate surface area is 95.6 Å². The smallest absolute Gasteiger partial charge is 0.313 e. The lowest BCUT2D eigenvalue weighted by Crippen LogP contribution is -2.16. The summed E-state index contributed by atoms with van der Waals surface area (Å²) in [6.45, 7) is 7.63. The van der Waals surface area contributed by atoms with Crippen LogP contribution in [0.25, 0.3) is 0 Å². The van der Waals surface area contributed by atoms with Gasteiger partial charge in [0.05, 0.1) is 12.2 Å². The van der Waals surface area contributed by atoms with Crippen LogP contribution in [0, 0.1) is 5.92 Å². The third-order valence-corrected chi connectivity index (χ3v) is 2.44. The zero-order valence-electron chi connectivity index (χ0n) is 9.35. The molecule has 1 amide bonds. The molecule has 88 valence electrons. The Bertz CT molecular complexity index is 293. The van der Waals surface area contributed by atoms with Crippen molar-refractivity contribution in [2.75, 3.05) is 6.54 Å². The molecule has 1 aliphatic carbocycles. The maximum absolute atomic E-state index is 10.7. The number of amides is 1. The first-order valence-corrected chi connectivity index (χ1v) is 5.42. The summed E-state index contributed by atoms with van der Waals surface area (Å²) < 4.78 is 4.49. The van der Waals surface area contributed by atoms with E-state index in [4.69, 9.17) is 0 Å². The highest BCUT2D eigenvalue weighted by atomic mass is 16.5. The number of hydrogen-bond acceptors (Lipinski definition) is 3. The first kappa shape index (κ1) is 12.5. The average Bonchev–Trinajstić information content (AvgIpc) is 3.03. The van der Waals surface area contributed by atoms with Crippen LogP contribution in [-0.4, -0.2) is 23.3 Å². The number of nitrogens with zero attached hydrogens (tertiary/aromatic N) is 1. The standard InChI is InChI=1S/C6H9NO.C6H8O2/c1-2-7-5-3-4-6(7)8;1-2-8-6(7)5-3-4-5/h2H,1,3-5H2;2,5H,1,3-4H2. The number of likely N-dealkylation sites (tertiary alicyclic amines) is 1. The Morgan fingerprint density at radius 3 is 2.44 bits per heavy atom. The van der Waals surface area contributed by atoms with E-state index < -0.39 is 0 Å². The molecule has 1 aliphatic heterocycles. The molecule has 2 rings (SSSR count). The summed E-state index contributed by atoms with van der Waals surface area (Å²) in [6.07, 6.45) is 6.45. The minimum absolute atomic E-state index is 0.125. The third-order valence-electron chi connectivity index (χ3n) is 2.44. The van der Waals surface area contributed by atoms with Gasteiger partial charge in [0.1, 0.15) is 0 Å². The third kappa shape index (κ3) is 3.88. The quantitative estimate of drug-likeness (QED) is 0.541. The van der Waals surface area contributed by atoms with Crippen LogP contribution in [0.5, 0.6) is 0 Å². The van der Waals surface area contributed by atoms with Crippen molar-refractivity contribution in [2.24, 2.45) is 5.92 Å². The molecular formula is C12H17NO3. The molecule has 0 radical (unpaired) electrons. The molecule has 2 fully saturated rings. The molecule has 2 aliphatic rings. The fourth-order valence-corrected chi connectivity index (χ4v) is 1.36. The van der Waals surface area contributed by atoms with Crippen LogP contribution in [0.15, 0.2) is 25.6 Å². The Morgan fingerprint density at radius 2 is 2.12 bits per heavy atom. The molecule has 0 aromatic carbocycles. The molecule has 4 heteroatoms. The average molecular weight is 223 g/mol. The molecule has 0 aromatic rings. The van der Waals surface area contributed by atoms with Gasteiger partial charge in [-0.05, 0) is 25.5 Å². The Morgan fingerprint density at radius 1 is 1.44 bits per heavy atom. The molecule has 0 N–H and O–H groups in total. The summed E-state index contributed by atoms with van der Waals surface area (Å²) in [7, 11) is 0. The van der Waals surface area contributed by atoms with Crippen molar-refractivity contribution in [3.8, 4) is 0 Å². The van der Waals surface area contributed by atoms with Crippen molar-refractivity contribution >= 4 is 11.9 Å². The SMILES string of the molecule is C=CN1CCCC1=O.C=COC(=O)C1CC1. The molecule has 0 spiro atoms. The summed E-state index contributed by atoms with van der Waals surface area (Å²) in [4.78, 5) is 22.8. The molecule has 0 unspecified atom stereocenters. The van der Waals surface area contributed by atoms with E-state index in [0.29, 0.717) is 6.42 Å². The van der Waals surface area contributed by atoms with Crippen molar-refractivity contribution < 1.29 is 14.3 Å². The summed E-state index contributed by atoms with van der Waals surface area (Å²) in [6, 6.07) is 0. The van der Waals surface area contributed by atoms with Gasteiger partial charge in [0.25, 0.3) is 0 Å². The highest BCUT2D eigenvalue weighted by Crippen LogP contribution is 2.29. The molecule has 1 heterocycles. The summed E-state index contributed by atoms with van der Waals surface area (Å²) in [5.41, 5.74) is 0. The van der Waals surface area contributed by atoms with Crippen molar-refractivity contribution in [3.63, 3.8) is 0 Å². The second-order valence-electron chi connectivity index (χ2n) is 3.75. The minimum Gasteiger partial charge on any atom is -0.435 e. The van der Waals surface area contributed by atoms with Crippen molar-refractivity contribution in [1.82, 2.24) is 4.90 Å². The lowest BCUT2D eigenvalue weighted by molar-refractivity contribution is -0.139. The molecule has 1 saturated heterocycles. The summed E-state index contributed by atoms with van der Waals surface area (Å²) in [5.74, 6) is 0.271. The van der Waals surface area contributed by atoms with Crippen LogP contribution in [0.4, 0.5) is 0 Å². The number of carbonyl (C=O) groups is 2. The number of carbonyl (C=O) groups excluding carboxylic acids is 2. The van der Waals surface area contributed by atoms with Gasteiger partial charge in [-0.1, -0.05) is 13.2 Å². The van der Waals surface area contributed by atoms with Gasteiger partial charge in [-0.2, -0.15) is 0 Å². The molecule has 16 heavy (non-hydrogen) atoms. The molecule has 0 aromatic heterocycles. The normalized spacial score (nSPS) is 18.5. The zero-order valence-corrected chi connectivity index (χ0v) is 9.35. The highest BCUT2D eigenvalue weighted by Gasteiger charge is 2.30. The Hall–Kier alpha value is -1.58. The fraction of sp³-hybridized carbons (Fsp3) is 0.500. The van der Waals surface area contributed by atoms with E-state index in [2.05, 4.69) is 17.9 Å². The topological polar surface area (TPSA) is 46.6 Å². The van der Waals surface area contributed by atoms with Crippen LogP contribution in [0.3, 0.4) is 0 Å². The first-order valence-electron chi connectivity index (χ1n) is 5.42. The van der Waals surface area contributed by atoms with E-state index in [0.717, 1.165) is 25.8 Å². The molecule has 4 nitrogen and oxygen atoms in total. The number of rotatable bonds is 3. The lowest BCUT2D eigenvalue weighted by Gasteiger charge is -2.05. The highest BCUT2D eigenvalue weighted by molar-refractivity contribution is 5.78. The summed E-state index contributed by atoms with van der Waals surface area (Å²) >= 11 is 0. The van der Waals surface area contributed by atoms with E-state index >= 15 is 0 Å². The molecular weight excluding hydrogens is 206 g/mol. The van der Waals surface area contributed by atoms with Crippen molar-refractivity contribution in [1.29, 1.82) is 0 Å². The minimum atomic E-state index is -0.125. The van der Waals surface area contributed by atoms with Gasteiger partial charge in [0.2, 0.25) is 5.91 Å². The molecule has 0 bridgehead atoms.